The summed E-state index contributed by atoms with van der Waals surface area (Å²) < 4.78 is 13.9. The van der Waals surface area contributed by atoms with E-state index in [1.54, 1.807) is 17.0 Å². The molecule has 5 heteroatoms. The van der Waals surface area contributed by atoms with E-state index in [0.29, 0.717) is 17.0 Å². The summed E-state index contributed by atoms with van der Waals surface area (Å²) in [6, 6.07) is 4.24. The molecule has 0 bridgehead atoms. The van der Waals surface area contributed by atoms with Gasteiger partial charge in [-0.25, -0.2) is 4.39 Å². The Morgan fingerprint density at radius 1 is 1.55 bits per heavy atom. The number of hydrogen-bond donors (Lipinski definition) is 1. The molecule has 0 spiro atoms. The van der Waals surface area contributed by atoms with Gasteiger partial charge in [0, 0.05) is 16.6 Å². The molecule has 0 aliphatic heterocycles. The van der Waals surface area contributed by atoms with E-state index >= 15 is 0 Å². The summed E-state index contributed by atoms with van der Waals surface area (Å²) in [5.41, 5.74) is 6.28. The molecular weight excluding hydrogens is 279 g/mol. The summed E-state index contributed by atoms with van der Waals surface area (Å²) in [6.45, 7) is 2.19. The fraction of sp³-hybridized carbons (Fsp3) is 0.533. The number of halogens is 2. The maximum absolute atomic E-state index is 13.9. The van der Waals surface area contributed by atoms with Gasteiger partial charge in [0.2, 0.25) is 5.91 Å². The highest BCUT2D eigenvalue weighted by molar-refractivity contribution is 6.31. The molecule has 0 unspecified atom stereocenters. The molecule has 0 aromatic heterocycles. The second-order valence-electron chi connectivity index (χ2n) is 5.29. The van der Waals surface area contributed by atoms with E-state index in [4.69, 9.17) is 17.3 Å². The molecule has 1 aliphatic rings. The van der Waals surface area contributed by atoms with Crippen molar-refractivity contribution in [3.63, 3.8) is 0 Å². The van der Waals surface area contributed by atoms with Crippen molar-refractivity contribution in [2.75, 3.05) is 0 Å². The first-order valence-electron chi connectivity index (χ1n) is 7.03. The number of benzene rings is 1. The fourth-order valence-electron chi connectivity index (χ4n) is 2.27. The van der Waals surface area contributed by atoms with E-state index in [1.165, 1.54) is 6.07 Å². The highest BCUT2D eigenvalue weighted by Gasteiger charge is 2.35. The van der Waals surface area contributed by atoms with E-state index in [9.17, 15) is 9.18 Å². The first kappa shape index (κ1) is 15.3. The van der Waals surface area contributed by atoms with Crippen LogP contribution in [0.25, 0.3) is 0 Å². The van der Waals surface area contributed by atoms with Crippen molar-refractivity contribution in [1.82, 2.24) is 4.90 Å². The predicted octanol–water partition coefficient (Wildman–Crippen LogP) is 3.10. The van der Waals surface area contributed by atoms with Gasteiger partial charge in [-0.05, 0) is 31.4 Å². The van der Waals surface area contributed by atoms with E-state index in [0.717, 1.165) is 19.3 Å². The number of nitrogens with two attached hydrogens (primary N) is 1. The summed E-state index contributed by atoms with van der Waals surface area (Å²) in [4.78, 5) is 14.1. The monoisotopic (exact) mass is 298 g/mol. The lowest BCUT2D eigenvalue weighted by Gasteiger charge is -2.26. The number of carbonyl (C=O) groups is 1. The lowest BCUT2D eigenvalue weighted by Crippen LogP contribution is -2.44. The average molecular weight is 299 g/mol. The van der Waals surface area contributed by atoms with Gasteiger partial charge in [-0.1, -0.05) is 31.0 Å². The predicted molar refractivity (Wildman–Crippen MR) is 77.9 cm³/mol. The number of nitrogens with zero attached hydrogens (tertiary/aromatic N) is 1. The molecule has 3 nitrogen and oxygen atoms in total. The molecule has 0 radical (unpaired) electrons. The molecule has 1 aromatic carbocycles. The zero-order valence-electron chi connectivity index (χ0n) is 11.6. The summed E-state index contributed by atoms with van der Waals surface area (Å²) in [7, 11) is 0. The summed E-state index contributed by atoms with van der Waals surface area (Å²) >= 11 is 6.03. The first-order chi connectivity index (χ1) is 9.54. The zero-order valence-corrected chi connectivity index (χ0v) is 12.4. The number of hydrogen-bond acceptors (Lipinski definition) is 2. The Morgan fingerprint density at radius 2 is 2.25 bits per heavy atom. The van der Waals surface area contributed by atoms with Gasteiger partial charge in [0.1, 0.15) is 5.82 Å². The lowest BCUT2D eigenvalue weighted by molar-refractivity contribution is -0.134. The summed E-state index contributed by atoms with van der Waals surface area (Å²) in [6.07, 6.45) is 3.41. The van der Waals surface area contributed by atoms with Gasteiger partial charge in [-0.3, -0.25) is 4.79 Å². The van der Waals surface area contributed by atoms with Crippen molar-refractivity contribution >= 4 is 17.5 Å². The molecule has 1 saturated carbocycles. The number of carbonyl (C=O) groups excluding carboxylic acids is 1. The second-order valence-corrected chi connectivity index (χ2v) is 5.70. The largest absolute Gasteiger partial charge is 0.334 e. The van der Waals surface area contributed by atoms with E-state index in [2.05, 4.69) is 0 Å². The van der Waals surface area contributed by atoms with Crippen LogP contribution in [0.3, 0.4) is 0 Å². The fourth-order valence-corrected chi connectivity index (χ4v) is 2.50. The van der Waals surface area contributed by atoms with Crippen molar-refractivity contribution in [2.45, 2.75) is 51.2 Å². The van der Waals surface area contributed by atoms with Gasteiger partial charge >= 0.3 is 0 Å². The summed E-state index contributed by atoms with van der Waals surface area (Å²) in [5, 5.41) is 0.354. The van der Waals surface area contributed by atoms with Gasteiger partial charge in [0.05, 0.1) is 12.6 Å². The average Bonchev–Trinajstić information content (AvgIpc) is 3.22. The SMILES string of the molecule is CCC[C@H](N)C(=O)N(Cc1c(F)cccc1Cl)C1CC1. The minimum Gasteiger partial charge on any atom is -0.334 e. The van der Waals surface area contributed by atoms with Crippen LogP contribution < -0.4 is 5.73 Å². The third-order valence-electron chi connectivity index (χ3n) is 3.58. The molecular formula is C15H20ClFN2O. The van der Waals surface area contributed by atoms with Crippen LogP contribution in [0.4, 0.5) is 4.39 Å². The molecule has 1 atom stereocenters. The van der Waals surface area contributed by atoms with Crippen LogP contribution in [0.5, 0.6) is 0 Å². The highest BCUT2D eigenvalue weighted by atomic mass is 35.5. The quantitative estimate of drug-likeness (QED) is 0.877. The van der Waals surface area contributed by atoms with Crippen LogP contribution in [0.15, 0.2) is 18.2 Å². The molecule has 1 aromatic rings. The Bertz CT molecular complexity index is 471. The minimum atomic E-state index is -0.508. The van der Waals surface area contributed by atoms with Crippen LogP contribution in [-0.2, 0) is 11.3 Å². The molecule has 1 amide bonds. The van der Waals surface area contributed by atoms with E-state index < -0.39 is 6.04 Å². The van der Waals surface area contributed by atoms with Crippen molar-refractivity contribution in [3.05, 3.63) is 34.6 Å². The van der Waals surface area contributed by atoms with Crippen LogP contribution >= 0.6 is 11.6 Å². The molecule has 0 heterocycles. The maximum atomic E-state index is 13.9. The minimum absolute atomic E-state index is 0.103. The third kappa shape index (κ3) is 3.49. The zero-order chi connectivity index (χ0) is 14.7. The van der Waals surface area contributed by atoms with E-state index in [1.807, 2.05) is 6.92 Å². The Hall–Kier alpha value is -1.13. The van der Waals surface area contributed by atoms with Gasteiger partial charge in [-0.2, -0.15) is 0 Å². The first-order valence-corrected chi connectivity index (χ1v) is 7.41. The molecule has 20 heavy (non-hydrogen) atoms. The molecule has 2 rings (SSSR count). The van der Waals surface area contributed by atoms with Gasteiger partial charge < -0.3 is 10.6 Å². The van der Waals surface area contributed by atoms with Crippen molar-refractivity contribution in [1.29, 1.82) is 0 Å². The van der Waals surface area contributed by atoms with Gasteiger partial charge in [0.15, 0.2) is 0 Å². The Balaban J connectivity index is 2.16. The van der Waals surface area contributed by atoms with Crippen LogP contribution in [0.1, 0.15) is 38.2 Å². The molecule has 2 N–H and O–H groups in total. The second kappa shape index (κ2) is 6.55. The molecule has 0 saturated heterocycles. The normalized spacial score (nSPS) is 16.0. The smallest absolute Gasteiger partial charge is 0.240 e. The Labute approximate surface area is 123 Å². The topological polar surface area (TPSA) is 46.3 Å². The van der Waals surface area contributed by atoms with Crippen LogP contribution in [0.2, 0.25) is 5.02 Å². The van der Waals surface area contributed by atoms with Gasteiger partial charge in [-0.15, -0.1) is 0 Å². The lowest BCUT2D eigenvalue weighted by atomic mass is 10.1. The highest BCUT2D eigenvalue weighted by Crippen LogP contribution is 2.31. The maximum Gasteiger partial charge on any atom is 0.240 e. The Morgan fingerprint density at radius 3 is 2.80 bits per heavy atom. The molecule has 1 aliphatic carbocycles. The van der Waals surface area contributed by atoms with Crippen LogP contribution in [0, 0.1) is 5.82 Å². The van der Waals surface area contributed by atoms with Crippen molar-refractivity contribution < 1.29 is 9.18 Å². The van der Waals surface area contributed by atoms with Crippen molar-refractivity contribution in [2.24, 2.45) is 5.73 Å². The molecule has 1 fully saturated rings. The summed E-state index contributed by atoms with van der Waals surface area (Å²) in [5.74, 6) is -0.478. The molecule has 110 valence electrons. The standard InChI is InChI=1S/C15H20ClFN2O/c1-2-4-14(18)15(20)19(10-7-8-10)9-11-12(16)5-3-6-13(11)17/h3,5-6,10,14H,2,4,7-9,18H2,1H3/t14-/m0/s1. The van der Waals surface area contributed by atoms with Gasteiger partial charge in [0.25, 0.3) is 0 Å². The Kier molecular flexibility index (Phi) is 5.00. The van der Waals surface area contributed by atoms with Crippen LogP contribution in [-0.4, -0.2) is 22.9 Å². The van der Waals surface area contributed by atoms with E-state index in [-0.39, 0.29) is 24.3 Å². The third-order valence-corrected chi connectivity index (χ3v) is 3.93. The number of rotatable bonds is 6. The number of amides is 1. The van der Waals surface area contributed by atoms with Crippen molar-refractivity contribution in [3.8, 4) is 0 Å².